The first-order chi connectivity index (χ1) is 24.0. The van der Waals surface area contributed by atoms with Gasteiger partial charge in [-0.1, -0.05) is 74.5 Å². The number of hydrogen-bond donors (Lipinski definition) is 1. The first kappa shape index (κ1) is 34.8. The number of benzene rings is 5. The minimum atomic E-state index is -0.0287. The minimum absolute atomic E-state index is 0.0287. The molecule has 2 N–H and O–H groups in total. The van der Waals surface area contributed by atoms with Crippen molar-refractivity contribution in [3.63, 3.8) is 0 Å². The number of amides is 1. The van der Waals surface area contributed by atoms with Crippen LogP contribution in [0.15, 0.2) is 91.0 Å². The largest absolute Gasteiger partial charge is 0.494 e. The standard InChI is InChI=1S/C41H46N2O4S2/c1-4-48-41(49-5-2)37-17-12-22-43(37)40(44)35-26-38(45-3)39(27-36(35)42)47-24-11-10-23-46-30-20-18-28(19-21-30)34-25-29-13-6-7-14-31(29)32-15-8-9-16-33(32)34/h6-9,13-16,18-21,25-27,37,41H,4-5,10-12,17,22-24,42H2,1-3H3/t37-/m0/s1. The number of nitrogen functional groups attached to an aromatic ring is 1. The fraction of sp³-hybridized carbons (Fsp3) is 0.341. The maximum Gasteiger partial charge on any atom is 0.256 e. The lowest BCUT2D eigenvalue weighted by Gasteiger charge is -2.31. The number of thioether (sulfide) groups is 2. The van der Waals surface area contributed by atoms with E-state index in [1.165, 1.54) is 32.7 Å². The number of methoxy groups -OCH3 is 1. The average Bonchev–Trinajstić information content (AvgIpc) is 3.63. The topological polar surface area (TPSA) is 74.0 Å². The van der Waals surface area contributed by atoms with Crippen molar-refractivity contribution in [1.29, 1.82) is 0 Å². The molecule has 49 heavy (non-hydrogen) atoms. The smallest absolute Gasteiger partial charge is 0.256 e. The van der Waals surface area contributed by atoms with Crippen LogP contribution < -0.4 is 19.9 Å². The number of unbranched alkanes of at least 4 members (excludes halogenated alkanes) is 1. The quantitative estimate of drug-likeness (QED) is 0.0506. The highest BCUT2D eigenvalue weighted by atomic mass is 32.2. The Morgan fingerprint density at radius 1 is 0.837 bits per heavy atom. The van der Waals surface area contributed by atoms with Gasteiger partial charge in [0.25, 0.3) is 5.91 Å². The molecule has 1 aliphatic heterocycles. The Morgan fingerprint density at radius 3 is 2.22 bits per heavy atom. The van der Waals surface area contributed by atoms with E-state index in [2.05, 4.69) is 80.6 Å². The van der Waals surface area contributed by atoms with E-state index in [1.54, 1.807) is 19.2 Å². The van der Waals surface area contributed by atoms with Crippen LogP contribution in [-0.4, -0.2) is 59.8 Å². The first-order valence-corrected chi connectivity index (χ1v) is 19.4. The Hall–Kier alpha value is -4.01. The molecule has 1 heterocycles. The Balaban J connectivity index is 1.02. The lowest BCUT2D eigenvalue weighted by molar-refractivity contribution is 0.0746. The summed E-state index contributed by atoms with van der Waals surface area (Å²) in [7, 11) is 1.60. The summed E-state index contributed by atoms with van der Waals surface area (Å²) >= 11 is 3.85. The molecular formula is C41H46N2O4S2. The van der Waals surface area contributed by atoms with Gasteiger partial charge in [0, 0.05) is 18.3 Å². The van der Waals surface area contributed by atoms with E-state index in [0.717, 1.165) is 49.5 Å². The highest BCUT2D eigenvalue weighted by Gasteiger charge is 2.36. The number of ether oxygens (including phenoxy) is 3. The van der Waals surface area contributed by atoms with Crippen molar-refractivity contribution in [3.8, 4) is 28.4 Å². The number of nitrogens with two attached hydrogens (primary N) is 1. The van der Waals surface area contributed by atoms with E-state index < -0.39 is 0 Å². The Kier molecular flexibility index (Phi) is 11.8. The predicted molar refractivity (Wildman–Crippen MR) is 209 cm³/mol. The van der Waals surface area contributed by atoms with Gasteiger partial charge in [-0.3, -0.25) is 4.79 Å². The molecule has 1 atom stereocenters. The van der Waals surface area contributed by atoms with Gasteiger partial charge in [-0.15, -0.1) is 23.5 Å². The second-order valence-electron chi connectivity index (χ2n) is 12.2. The van der Waals surface area contributed by atoms with Crippen molar-refractivity contribution in [2.75, 3.05) is 44.1 Å². The number of nitrogens with zero attached hydrogens (tertiary/aromatic N) is 1. The lowest BCUT2D eigenvalue weighted by Crippen LogP contribution is -2.41. The van der Waals surface area contributed by atoms with Gasteiger partial charge >= 0.3 is 0 Å². The molecule has 0 saturated carbocycles. The summed E-state index contributed by atoms with van der Waals surface area (Å²) in [5.41, 5.74) is 9.73. The molecule has 5 aromatic carbocycles. The fourth-order valence-corrected chi connectivity index (χ4v) is 9.58. The highest BCUT2D eigenvalue weighted by Crippen LogP contribution is 2.39. The summed E-state index contributed by atoms with van der Waals surface area (Å²) in [5.74, 6) is 3.94. The van der Waals surface area contributed by atoms with Gasteiger partial charge in [-0.05, 0) is 94.1 Å². The van der Waals surface area contributed by atoms with Crippen LogP contribution >= 0.6 is 23.5 Å². The summed E-state index contributed by atoms with van der Waals surface area (Å²) in [6.07, 6.45) is 3.66. The molecule has 1 amide bonds. The van der Waals surface area contributed by atoms with Gasteiger partial charge in [0.2, 0.25) is 0 Å². The van der Waals surface area contributed by atoms with Crippen LogP contribution in [0.25, 0.3) is 32.7 Å². The molecule has 0 radical (unpaired) electrons. The second-order valence-corrected chi connectivity index (χ2v) is 15.3. The summed E-state index contributed by atoms with van der Waals surface area (Å²) in [5, 5.41) is 5.02. The van der Waals surface area contributed by atoms with E-state index in [-0.39, 0.29) is 11.9 Å². The first-order valence-electron chi connectivity index (χ1n) is 17.3. The third kappa shape index (κ3) is 7.92. The average molecular weight is 695 g/mol. The van der Waals surface area contributed by atoms with Crippen LogP contribution in [0.4, 0.5) is 5.69 Å². The lowest BCUT2D eigenvalue weighted by atomic mass is 9.93. The van der Waals surface area contributed by atoms with Crippen molar-refractivity contribution in [3.05, 3.63) is 96.6 Å². The van der Waals surface area contributed by atoms with Crippen LogP contribution in [0.3, 0.4) is 0 Å². The molecular weight excluding hydrogens is 649 g/mol. The second kappa shape index (κ2) is 16.6. The van der Waals surface area contributed by atoms with E-state index in [9.17, 15) is 4.79 Å². The van der Waals surface area contributed by atoms with Gasteiger partial charge < -0.3 is 24.8 Å². The van der Waals surface area contributed by atoms with Crippen molar-refractivity contribution in [2.24, 2.45) is 0 Å². The van der Waals surface area contributed by atoms with Gasteiger partial charge in [0.1, 0.15) is 5.75 Å². The zero-order valence-corrected chi connectivity index (χ0v) is 30.3. The van der Waals surface area contributed by atoms with Crippen LogP contribution in [-0.2, 0) is 0 Å². The summed E-state index contributed by atoms with van der Waals surface area (Å²) in [6, 6.07) is 31.5. The monoisotopic (exact) mass is 694 g/mol. The third-order valence-corrected chi connectivity index (χ3v) is 11.9. The highest BCUT2D eigenvalue weighted by molar-refractivity contribution is 8.17. The number of carbonyl (C=O) groups is 1. The molecule has 6 rings (SSSR count). The Morgan fingerprint density at radius 2 is 1.51 bits per heavy atom. The molecule has 0 aliphatic carbocycles. The van der Waals surface area contributed by atoms with Gasteiger partial charge in [-0.25, -0.2) is 0 Å². The third-order valence-electron chi connectivity index (χ3n) is 9.10. The van der Waals surface area contributed by atoms with Crippen molar-refractivity contribution < 1.29 is 19.0 Å². The molecule has 0 bridgehead atoms. The van der Waals surface area contributed by atoms with Gasteiger partial charge in [0.15, 0.2) is 11.5 Å². The summed E-state index contributed by atoms with van der Waals surface area (Å²) in [4.78, 5) is 15.7. The molecule has 5 aromatic rings. The van der Waals surface area contributed by atoms with Crippen molar-refractivity contribution in [1.82, 2.24) is 4.90 Å². The maximum absolute atomic E-state index is 13.7. The molecule has 256 valence electrons. The van der Waals surface area contributed by atoms with Crippen molar-refractivity contribution in [2.45, 2.75) is 50.2 Å². The zero-order valence-electron chi connectivity index (χ0n) is 28.7. The molecule has 0 aromatic heterocycles. The predicted octanol–water partition coefficient (Wildman–Crippen LogP) is 9.93. The molecule has 8 heteroatoms. The Labute approximate surface area is 298 Å². The fourth-order valence-electron chi connectivity index (χ4n) is 6.71. The summed E-state index contributed by atoms with van der Waals surface area (Å²) in [6.45, 7) is 6.17. The van der Waals surface area contributed by atoms with Crippen LogP contribution in [0.2, 0.25) is 0 Å². The SMILES string of the molecule is CCSC(SCC)[C@@H]1CCCN1C(=O)c1cc(OC)c(OCCCCOc2ccc(-c3cc4ccccc4c4ccccc34)cc2)cc1N. The van der Waals surface area contributed by atoms with Gasteiger partial charge in [0.05, 0.1) is 36.5 Å². The number of fused-ring (bicyclic) bond motifs is 3. The molecule has 1 fully saturated rings. The van der Waals surface area contributed by atoms with E-state index >= 15 is 0 Å². The van der Waals surface area contributed by atoms with E-state index in [4.69, 9.17) is 19.9 Å². The summed E-state index contributed by atoms with van der Waals surface area (Å²) < 4.78 is 18.2. The van der Waals surface area contributed by atoms with Crippen LogP contribution in [0.1, 0.15) is 49.9 Å². The molecule has 1 saturated heterocycles. The number of likely N-dealkylation sites (tertiary alicyclic amines) is 1. The number of hydrogen-bond acceptors (Lipinski definition) is 7. The maximum atomic E-state index is 13.7. The Bertz CT molecular complexity index is 1870. The van der Waals surface area contributed by atoms with E-state index in [0.29, 0.717) is 40.5 Å². The molecule has 1 aliphatic rings. The zero-order chi connectivity index (χ0) is 34.2. The number of anilines is 1. The minimum Gasteiger partial charge on any atom is -0.494 e. The van der Waals surface area contributed by atoms with Crippen LogP contribution in [0, 0.1) is 0 Å². The van der Waals surface area contributed by atoms with Crippen LogP contribution in [0.5, 0.6) is 17.2 Å². The molecule has 6 nitrogen and oxygen atoms in total. The van der Waals surface area contributed by atoms with Gasteiger partial charge in [-0.2, -0.15) is 0 Å². The van der Waals surface area contributed by atoms with E-state index in [1.807, 2.05) is 40.6 Å². The molecule has 0 unspecified atom stereocenters. The normalized spacial score (nSPS) is 14.5. The number of rotatable bonds is 15. The molecule has 0 spiro atoms. The number of carbonyl (C=O) groups excluding carboxylic acids is 1. The van der Waals surface area contributed by atoms with Crippen molar-refractivity contribution >= 4 is 56.7 Å².